The van der Waals surface area contributed by atoms with Crippen LogP contribution in [0.3, 0.4) is 0 Å². The van der Waals surface area contributed by atoms with Gasteiger partial charge in [-0.05, 0) is 47.9 Å². The summed E-state index contributed by atoms with van der Waals surface area (Å²) in [5.74, 6) is -0.833. The third-order valence-corrected chi connectivity index (χ3v) is 7.11. The highest BCUT2D eigenvalue weighted by Gasteiger charge is 2.38. The zero-order valence-corrected chi connectivity index (χ0v) is 22.5. The number of carbonyl (C=O) groups excluding carboxylic acids is 2. The fraction of sp³-hybridized carbons (Fsp3) is 0.241. The number of pyridine rings is 1. The number of likely N-dealkylation sites (tertiary alicyclic amines) is 1. The highest BCUT2D eigenvalue weighted by atomic mass is 19.4. The second kappa shape index (κ2) is 11.1. The van der Waals surface area contributed by atoms with Crippen LogP contribution in [-0.2, 0) is 19.4 Å². The smallest absolute Gasteiger partial charge is 0.383 e. The third-order valence-electron chi connectivity index (χ3n) is 7.11. The molecular weight excluding hydrogens is 578 g/mol. The Labute approximate surface area is 241 Å². The normalized spacial score (nSPS) is 15.5. The van der Waals surface area contributed by atoms with Crippen LogP contribution in [0.1, 0.15) is 38.3 Å². The molecule has 0 aliphatic carbocycles. The number of nitrogen functional groups attached to an aromatic ring is 1. The van der Waals surface area contributed by atoms with Crippen LogP contribution in [0.15, 0.2) is 67.1 Å². The minimum Gasteiger partial charge on any atom is -0.383 e. The van der Waals surface area contributed by atoms with E-state index in [2.05, 4.69) is 15.4 Å². The maximum atomic E-state index is 13.6. The number of nitrogens with zero attached hydrogens (tertiary/aromatic N) is 4. The van der Waals surface area contributed by atoms with Crippen molar-refractivity contribution >= 4 is 17.6 Å². The Kier molecular flexibility index (Phi) is 7.63. The topological polar surface area (TPSA) is 106 Å². The predicted molar refractivity (Wildman–Crippen MR) is 145 cm³/mol. The molecule has 3 heterocycles. The summed E-state index contributed by atoms with van der Waals surface area (Å²) in [6, 6.07) is 7.79. The molecule has 224 valence electrons. The van der Waals surface area contributed by atoms with E-state index in [1.54, 1.807) is 30.2 Å². The van der Waals surface area contributed by atoms with Crippen LogP contribution in [-0.4, -0.2) is 50.6 Å². The number of amides is 2. The molecule has 0 bridgehead atoms. The summed E-state index contributed by atoms with van der Waals surface area (Å²) in [6.45, 7) is 0.491. The van der Waals surface area contributed by atoms with Crippen LogP contribution in [0.5, 0.6) is 0 Å². The number of hydrogen-bond donors (Lipinski definition) is 2. The average molecular weight is 603 g/mol. The fourth-order valence-electron chi connectivity index (χ4n) is 4.89. The van der Waals surface area contributed by atoms with E-state index in [0.29, 0.717) is 24.6 Å². The van der Waals surface area contributed by atoms with Crippen LogP contribution >= 0.6 is 0 Å². The Bertz CT molecular complexity index is 1680. The molecule has 1 aliphatic rings. The van der Waals surface area contributed by atoms with Gasteiger partial charge in [0.25, 0.3) is 11.8 Å². The van der Waals surface area contributed by atoms with Gasteiger partial charge >= 0.3 is 12.4 Å². The van der Waals surface area contributed by atoms with Crippen LogP contribution in [0, 0.1) is 0 Å². The Hall–Kier alpha value is -4.88. The lowest BCUT2D eigenvalue weighted by atomic mass is 9.96. The van der Waals surface area contributed by atoms with E-state index in [1.165, 1.54) is 35.4 Å². The summed E-state index contributed by atoms with van der Waals surface area (Å²) in [6.07, 6.45) is -4.59. The number of nitrogens with two attached hydrogens (primary N) is 1. The molecule has 2 aromatic carbocycles. The molecule has 1 atom stereocenters. The van der Waals surface area contributed by atoms with Gasteiger partial charge in [0.1, 0.15) is 5.82 Å². The van der Waals surface area contributed by atoms with Crippen molar-refractivity contribution in [2.45, 2.75) is 24.8 Å². The zero-order valence-electron chi connectivity index (χ0n) is 22.5. The molecule has 2 amide bonds. The lowest BCUT2D eigenvalue weighted by Crippen LogP contribution is -2.38. The molecular formula is C29H24F6N6O2. The van der Waals surface area contributed by atoms with Gasteiger partial charge < -0.3 is 16.0 Å². The number of aromatic nitrogens is 3. The van der Waals surface area contributed by atoms with E-state index in [0.717, 1.165) is 11.6 Å². The summed E-state index contributed by atoms with van der Waals surface area (Å²) in [5, 5.41) is 6.97. The molecule has 3 N–H and O–H groups in total. The second-order valence-corrected chi connectivity index (χ2v) is 10.1. The molecule has 43 heavy (non-hydrogen) atoms. The molecule has 2 aromatic heterocycles. The summed E-state index contributed by atoms with van der Waals surface area (Å²) < 4.78 is 81.5. The summed E-state index contributed by atoms with van der Waals surface area (Å²) in [4.78, 5) is 31.7. The number of alkyl halides is 6. The van der Waals surface area contributed by atoms with Gasteiger partial charge in [-0.15, -0.1) is 0 Å². The van der Waals surface area contributed by atoms with Gasteiger partial charge in [0, 0.05) is 55.3 Å². The second-order valence-electron chi connectivity index (χ2n) is 10.1. The largest absolute Gasteiger partial charge is 0.417 e. The summed E-state index contributed by atoms with van der Waals surface area (Å²) >= 11 is 0. The number of anilines is 1. The number of aryl methyl sites for hydroxylation is 1. The fourth-order valence-corrected chi connectivity index (χ4v) is 4.89. The highest BCUT2D eigenvalue weighted by Crippen LogP contribution is 2.41. The monoisotopic (exact) mass is 602 g/mol. The first-order valence-electron chi connectivity index (χ1n) is 12.9. The lowest BCUT2D eigenvalue weighted by molar-refractivity contribution is -0.142. The molecule has 4 aromatic rings. The molecule has 0 unspecified atom stereocenters. The maximum Gasteiger partial charge on any atom is 0.417 e. The van der Waals surface area contributed by atoms with Crippen molar-refractivity contribution in [1.82, 2.24) is 25.0 Å². The first-order valence-corrected chi connectivity index (χ1v) is 12.9. The number of carbonyl (C=O) groups is 2. The number of nitrogens with one attached hydrogen (secondary N) is 1. The number of rotatable bonds is 5. The van der Waals surface area contributed by atoms with Crippen LogP contribution in [0.2, 0.25) is 0 Å². The molecule has 14 heteroatoms. The predicted octanol–water partition coefficient (Wildman–Crippen LogP) is 5.41. The average Bonchev–Trinajstić information content (AvgIpc) is 3.61. The van der Waals surface area contributed by atoms with Crippen molar-refractivity contribution in [3.63, 3.8) is 0 Å². The molecule has 0 radical (unpaired) electrons. The number of hydrogen-bond acceptors (Lipinski definition) is 5. The SMILES string of the molecule is Cn1cc(-c2cnc(N)c(C(=O)N[C@@H]3CCN(C(=O)c4ccc(-c5ccc(C(F)(F)F)cc5C(F)(F)F)cc4)C3)c2)cn1. The van der Waals surface area contributed by atoms with Crippen molar-refractivity contribution in [2.24, 2.45) is 7.05 Å². The molecule has 0 saturated carbocycles. The van der Waals surface area contributed by atoms with Crippen LogP contribution in [0.4, 0.5) is 32.2 Å². The van der Waals surface area contributed by atoms with E-state index in [4.69, 9.17) is 5.73 Å². The van der Waals surface area contributed by atoms with Gasteiger partial charge in [0.15, 0.2) is 0 Å². The quantitative estimate of drug-likeness (QED) is 0.297. The van der Waals surface area contributed by atoms with Gasteiger partial charge in [0.2, 0.25) is 0 Å². The molecule has 1 saturated heterocycles. The van der Waals surface area contributed by atoms with Gasteiger partial charge in [-0.2, -0.15) is 31.4 Å². The van der Waals surface area contributed by atoms with Crippen molar-refractivity contribution < 1.29 is 35.9 Å². The zero-order chi connectivity index (χ0) is 31.1. The number of halogens is 6. The summed E-state index contributed by atoms with van der Waals surface area (Å²) in [7, 11) is 1.76. The third kappa shape index (κ3) is 6.32. The van der Waals surface area contributed by atoms with Crippen molar-refractivity contribution in [1.29, 1.82) is 0 Å². The van der Waals surface area contributed by atoms with Gasteiger partial charge in [-0.25, -0.2) is 4.98 Å². The number of benzene rings is 2. The van der Waals surface area contributed by atoms with Crippen molar-refractivity contribution in [3.8, 4) is 22.3 Å². The maximum absolute atomic E-state index is 13.6. The Morgan fingerprint density at radius 2 is 1.65 bits per heavy atom. The van der Waals surface area contributed by atoms with Gasteiger partial charge in [-0.3, -0.25) is 14.3 Å². The molecule has 1 aliphatic heterocycles. The lowest BCUT2D eigenvalue weighted by Gasteiger charge is -2.18. The van der Waals surface area contributed by atoms with Crippen molar-refractivity contribution in [2.75, 3.05) is 18.8 Å². The first-order chi connectivity index (χ1) is 20.2. The minimum absolute atomic E-state index is 0.00359. The standard InChI is InChI=1S/C29H24F6N6O2/c1-40-14-19(13-38-40)18-10-23(25(36)37-12-18)26(42)39-21-8-9-41(15-21)27(43)17-4-2-16(3-5-17)22-7-6-20(28(30,31)32)11-24(22)29(33,34)35/h2-7,10-14,21H,8-9,15H2,1H3,(H2,36,37)(H,39,42)/t21-/m1/s1. The van der Waals surface area contributed by atoms with E-state index in [-0.39, 0.29) is 35.1 Å². The Morgan fingerprint density at radius 1 is 0.930 bits per heavy atom. The molecule has 1 fully saturated rings. The molecule has 8 nitrogen and oxygen atoms in total. The van der Waals surface area contributed by atoms with Crippen molar-refractivity contribution in [3.05, 3.63) is 89.4 Å². The Balaban J connectivity index is 1.27. The highest BCUT2D eigenvalue weighted by molar-refractivity contribution is 6.00. The van der Waals surface area contributed by atoms with E-state index < -0.39 is 46.9 Å². The van der Waals surface area contributed by atoms with E-state index in [1.807, 2.05) is 0 Å². The molecule has 5 rings (SSSR count). The van der Waals surface area contributed by atoms with Crippen LogP contribution in [0.25, 0.3) is 22.3 Å². The van der Waals surface area contributed by atoms with E-state index >= 15 is 0 Å². The van der Waals surface area contributed by atoms with Gasteiger partial charge in [0.05, 0.1) is 22.9 Å². The Morgan fingerprint density at radius 3 is 2.28 bits per heavy atom. The van der Waals surface area contributed by atoms with Gasteiger partial charge in [-0.1, -0.05) is 18.2 Å². The summed E-state index contributed by atoms with van der Waals surface area (Å²) in [5.41, 5.74) is 4.41. The molecule has 0 spiro atoms. The minimum atomic E-state index is -5.03. The van der Waals surface area contributed by atoms with E-state index in [9.17, 15) is 35.9 Å². The first kappa shape index (κ1) is 29.6. The van der Waals surface area contributed by atoms with Crippen LogP contribution < -0.4 is 11.1 Å².